The van der Waals surface area contributed by atoms with Crippen molar-refractivity contribution in [1.29, 1.82) is 0 Å². The van der Waals surface area contributed by atoms with E-state index in [1.165, 1.54) is 0 Å². The molecule has 0 spiro atoms. The molecule has 0 aliphatic heterocycles. The molecule has 2 rings (SSSR count). The number of carbonyl (C=O) groups excluding carboxylic acids is 2. The molecule has 0 N–H and O–H groups in total. The molecule has 0 aliphatic rings. The van der Waals surface area contributed by atoms with E-state index in [0.717, 1.165) is 29.3 Å². The maximum absolute atomic E-state index is 11.8. The first kappa shape index (κ1) is 17.7. The van der Waals surface area contributed by atoms with Gasteiger partial charge in [0.1, 0.15) is 11.9 Å². The molecule has 1 unspecified atom stereocenters. The Bertz CT molecular complexity index is 746. The molecular formula is C20H22O4. The third-order valence-corrected chi connectivity index (χ3v) is 3.71. The minimum absolute atomic E-state index is 0.154. The summed E-state index contributed by atoms with van der Waals surface area (Å²) in [5.41, 5.74) is 0. The highest BCUT2D eigenvalue weighted by Crippen LogP contribution is 2.20. The van der Waals surface area contributed by atoms with Crippen molar-refractivity contribution in [3.05, 3.63) is 54.6 Å². The minimum Gasteiger partial charge on any atom is -0.459 e. The highest BCUT2D eigenvalue weighted by molar-refractivity contribution is 5.93. The molecule has 0 aliphatic carbocycles. The third kappa shape index (κ3) is 4.95. The van der Waals surface area contributed by atoms with Gasteiger partial charge in [-0.15, -0.1) is 0 Å². The maximum atomic E-state index is 11.8. The molecule has 0 saturated heterocycles. The normalized spacial score (nSPS) is 12.5. The Morgan fingerprint density at radius 1 is 1.00 bits per heavy atom. The monoisotopic (exact) mass is 326 g/mol. The summed E-state index contributed by atoms with van der Waals surface area (Å²) in [5.74, 6) is -0.479. The zero-order valence-corrected chi connectivity index (χ0v) is 14.2. The van der Waals surface area contributed by atoms with Gasteiger partial charge in [0.25, 0.3) is 0 Å². The Balaban J connectivity index is 1.95. The van der Waals surface area contributed by atoms with Crippen LogP contribution in [0.25, 0.3) is 10.8 Å². The van der Waals surface area contributed by atoms with Crippen LogP contribution >= 0.6 is 0 Å². The van der Waals surface area contributed by atoms with E-state index in [2.05, 4.69) is 0 Å². The maximum Gasteiger partial charge on any atom is 0.336 e. The molecule has 2 aromatic carbocycles. The topological polar surface area (TPSA) is 52.6 Å². The number of benzene rings is 2. The van der Waals surface area contributed by atoms with Crippen LogP contribution in [0.15, 0.2) is 54.6 Å². The van der Waals surface area contributed by atoms with Crippen LogP contribution in [-0.2, 0) is 14.3 Å². The Labute approximate surface area is 142 Å². The molecule has 0 fully saturated rings. The van der Waals surface area contributed by atoms with Gasteiger partial charge >= 0.3 is 11.9 Å². The first-order chi connectivity index (χ1) is 11.5. The van der Waals surface area contributed by atoms with E-state index in [0.29, 0.717) is 5.75 Å². The highest BCUT2D eigenvalue weighted by atomic mass is 16.5. The van der Waals surface area contributed by atoms with Crippen molar-refractivity contribution < 1.29 is 19.1 Å². The van der Waals surface area contributed by atoms with Crippen molar-refractivity contribution in [2.24, 2.45) is 5.92 Å². The van der Waals surface area contributed by atoms with Gasteiger partial charge in [-0.05, 0) is 35.2 Å². The van der Waals surface area contributed by atoms with Gasteiger partial charge in [0.2, 0.25) is 0 Å². The predicted molar refractivity (Wildman–Crippen MR) is 93.7 cm³/mol. The van der Waals surface area contributed by atoms with E-state index in [-0.39, 0.29) is 12.0 Å². The second-order valence-electron chi connectivity index (χ2n) is 5.89. The molecule has 4 heteroatoms. The highest BCUT2D eigenvalue weighted by Gasteiger charge is 2.14. The fraction of sp³-hybridized carbons (Fsp3) is 0.300. The molecule has 24 heavy (non-hydrogen) atoms. The van der Waals surface area contributed by atoms with Gasteiger partial charge in [-0.2, -0.15) is 0 Å². The van der Waals surface area contributed by atoms with E-state index in [1.807, 2.05) is 51.1 Å². The average Bonchev–Trinajstić information content (AvgIpc) is 2.57. The van der Waals surface area contributed by atoms with Crippen molar-refractivity contribution in [3.8, 4) is 5.75 Å². The van der Waals surface area contributed by atoms with Crippen LogP contribution in [0, 0.1) is 5.92 Å². The zero-order chi connectivity index (χ0) is 17.5. The molecule has 2 aromatic rings. The second kappa shape index (κ2) is 8.29. The Kier molecular flexibility index (Phi) is 6.13. The van der Waals surface area contributed by atoms with Crippen LogP contribution in [0.4, 0.5) is 0 Å². The van der Waals surface area contributed by atoms with Crippen LogP contribution in [0.2, 0.25) is 0 Å². The molecule has 0 amide bonds. The quantitative estimate of drug-likeness (QED) is 0.452. The van der Waals surface area contributed by atoms with E-state index in [9.17, 15) is 9.59 Å². The first-order valence-corrected chi connectivity index (χ1v) is 8.09. The van der Waals surface area contributed by atoms with Crippen molar-refractivity contribution in [2.75, 3.05) is 0 Å². The number of rotatable bonds is 6. The number of esters is 2. The number of carbonyl (C=O) groups is 2. The molecule has 4 nitrogen and oxygen atoms in total. The SMILES string of the molecule is CCC(OC(=O)/C=C/C(=O)Oc1ccc2ccccc2c1)C(C)C. The lowest BCUT2D eigenvalue weighted by Gasteiger charge is -2.18. The van der Waals surface area contributed by atoms with Crippen molar-refractivity contribution in [2.45, 2.75) is 33.3 Å². The van der Waals surface area contributed by atoms with E-state index >= 15 is 0 Å². The molecule has 126 valence electrons. The van der Waals surface area contributed by atoms with Gasteiger partial charge < -0.3 is 9.47 Å². The molecular weight excluding hydrogens is 304 g/mol. The molecule has 1 atom stereocenters. The predicted octanol–water partition coefficient (Wildman–Crippen LogP) is 4.28. The molecule has 0 saturated carbocycles. The van der Waals surface area contributed by atoms with E-state index in [1.54, 1.807) is 12.1 Å². The summed E-state index contributed by atoms with van der Waals surface area (Å²) in [7, 11) is 0. The lowest BCUT2D eigenvalue weighted by atomic mass is 10.1. The van der Waals surface area contributed by atoms with Crippen molar-refractivity contribution in [3.63, 3.8) is 0 Å². The third-order valence-electron chi connectivity index (χ3n) is 3.71. The summed E-state index contributed by atoms with van der Waals surface area (Å²) in [6, 6.07) is 13.2. The fourth-order valence-electron chi connectivity index (χ4n) is 2.40. The second-order valence-corrected chi connectivity index (χ2v) is 5.89. The summed E-state index contributed by atoms with van der Waals surface area (Å²) in [5, 5.41) is 2.05. The first-order valence-electron chi connectivity index (χ1n) is 8.09. The van der Waals surface area contributed by atoms with Gasteiger partial charge in [0, 0.05) is 12.2 Å². The van der Waals surface area contributed by atoms with Crippen LogP contribution < -0.4 is 4.74 Å². The summed E-state index contributed by atoms with van der Waals surface area (Å²) < 4.78 is 10.5. The van der Waals surface area contributed by atoms with E-state index in [4.69, 9.17) is 9.47 Å². The summed E-state index contributed by atoms with van der Waals surface area (Å²) in [6.45, 7) is 5.92. The van der Waals surface area contributed by atoms with Crippen LogP contribution in [0.3, 0.4) is 0 Å². The van der Waals surface area contributed by atoms with Crippen LogP contribution in [-0.4, -0.2) is 18.0 Å². The molecule has 0 bridgehead atoms. The standard InChI is InChI=1S/C20H22O4/c1-4-18(14(2)3)24-20(22)12-11-19(21)23-17-10-9-15-7-5-6-8-16(15)13-17/h5-14,18H,4H2,1-3H3/b12-11+. The molecule has 0 radical (unpaired) electrons. The van der Waals surface area contributed by atoms with Crippen molar-refractivity contribution in [1.82, 2.24) is 0 Å². The van der Waals surface area contributed by atoms with Crippen LogP contribution in [0.1, 0.15) is 27.2 Å². The largest absolute Gasteiger partial charge is 0.459 e. The molecule has 0 aromatic heterocycles. The Morgan fingerprint density at radius 3 is 2.33 bits per heavy atom. The number of ether oxygens (including phenoxy) is 2. The smallest absolute Gasteiger partial charge is 0.336 e. The van der Waals surface area contributed by atoms with Crippen molar-refractivity contribution >= 4 is 22.7 Å². The van der Waals surface area contributed by atoms with Crippen LogP contribution in [0.5, 0.6) is 5.75 Å². The lowest BCUT2D eigenvalue weighted by Crippen LogP contribution is -2.21. The van der Waals surface area contributed by atoms with Gasteiger partial charge in [-0.1, -0.05) is 51.1 Å². The number of hydrogen-bond donors (Lipinski definition) is 0. The summed E-state index contributed by atoms with van der Waals surface area (Å²) >= 11 is 0. The Hall–Kier alpha value is -2.62. The van der Waals surface area contributed by atoms with Gasteiger partial charge in [-0.25, -0.2) is 9.59 Å². The summed E-state index contributed by atoms with van der Waals surface area (Å²) in [6.07, 6.45) is 2.77. The zero-order valence-electron chi connectivity index (χ0n) is 14.2. The number of hydrogen-bond acceptors (Lipinski definition) is 4. The van der Waals surface area contributed by atoms with E-state index < -0.39 is 11.9 Å². The van der Waals surface area contributed by atoms with Gasteiger partial charge in [0.15, 0.2) is 0 Å². The molecule has 0 heterocycles. The fourth-order valence-corrected chi connectivity index (χ4v) is 2.40. The lowest BCUT2D eigenvalue weighted by molar-refractivity contribution is -0.145. The Morgan fingerprint density at radius 2 is 1.67 bits per heavy atom. The van der Waals surface area contributed by atoms with Gasteiger partial charge in [-0.3, -0.25) is 0 Å². The average molecular weight is 326 g/mol. The summed E-state index contributed by atoms with van der Waals surface area (Å²) in [4.78, 5) is 23.6. The van der Waals surface area contributed by atoms with Gasteiger partial charge in [0.05, 0.1) is 0 Å². The number of fused-ring (bicyclic) bond motifs is 1. The minimum atomic E-state index is -0.611.